The number of hydrogen-bond donors (Lipinski definition) is 3. The number of rotatable bonds is 2. The lowest BCUT2D eigenvalue weighted by Gasteiger charge is -2.37. The Labute approximate surface area is 148 Å². The average molecular weight is 329 g/mol. The van der Waals surface area contributed by atoms with E-state index in [9.17, 15) is 10.0 Å². The van der Waals surface area contributed by atoms with Gasteiger partial charge in [0.1, 0.15) is 0 Å². The van der Waals surface area contributed by atoms with Crippen molar-refractivity contribution in [3.63, 3.8) is 0 Å². The van der Waals surface area contributed by atoms with Crippen molar-refractivity contribution in [3.8, 4) is 11.1 Å². The highest BCUT2D eigenvalue weighted by atomic mass is 16.4. The zero-order chi connectivity index (χ0) is 17.6. The molecular formula is C21H20BNO2. The Hall–Kier alpha value is -2.56. The third-order valence-corrected chi connectivity index (χ3v) is 5.08. The molecule has 0 unspecified atom stereocenters. The molecule has 3 aromatic carbocycles. The van der Waals surface area contributed by atoms with Gasteiger partial charge in [-0.3, -0.25) is 0 Å². The summed E-state index contributed by atoms with van der Waals surface area (Å²) < 4.78 is 0. The van der Waals surface area contributed by atoms with Crippen molar-refractivity contribution < 1.29 is 10.0 Å². The van der Waals surface area contributed by atoms with Crippen molar-refractivity contribution in [2.24, 2.45) is 0 Å². The van der Waals surface area contributed by atoms with Gasteiger partial charge in [-0.05, 0) is 39.8 Å². The van der Waals surface area contributed by atoms with E-state index in [4.69, 9.17) is 0 Å². The van der Waals surface area contributed by atoms with Crippen LogP contribution >= 0.6 is 0 Å². The maximum absolute atomic E-state index is 9.32. The second-order valence-corrected chi connectivity index (χ2v) is 7.02. The molecule has 124 valence electrons. The Bertz CT molecular complexity index is 933. The van der Waals surface area contributed by atoms with E-state index in [-0.39, 0.29) is 5.41 Å². The summed E-state index contributed by atoms with van der Waals surface area (Å²) in [4.78, 5) is 0. The van der Waals surface area contributed by atoms with Crippen LogP contribution in [0, 0.1) is 0 Å². The van der Waals surface area contributed by atoms with Crippen LogP contribution in [0.5, 0.6) is 0 Å². The Kier molecular flexibility index (Phi) is 3.67. The lowest BCUT2D eigenvalue weighted by atomic mass is 9.71. The summed E-state index contributed by atoms with van der Waals surface area (Å²) in [5, 5.41) is 22.2. The molecule has 0 saturated heterocycles. The molecule has 4 rings (SSSR count). The van der Waals surface area contributed by atoms with Gasteiger partial charge in [-0.2, -0.15) is 0 Å². The first-order valence-electron chi connectivity index (χ1n) is 8.45. The summed E-state index contributed by atoms with van der Waals surface area (Å²) in [6, 6.07) is 22.1. The fourth-order valence-corrected chi connectivity index (χ4v) is 3.82. The molecule has 1 heterocycles. The fourth-order valence-electron chi connectivity index (χ4n) is 3.82. The van der Waals surface area contributed by atoms with E-state index >= 15 is 0 Å². The van der Waals surface area contributed by atoms with Crippen LogP contribution in [-0.4, -0.2) is 17.2 Å². The van der Waals surface area contributed by atoms with Gasteiger partial charge in [0.25, 0.3) is 0 Å². The predicted molar refractivity (Wildman–Crippen MR) is 104 cm³/mol. The minimum Gasteiger partial charge on any atom is -0.423 e. The topological polar surface area (TPSA) is 52.5 Å². The monoisotopic (exact) mass is 329 g/mol. The molecule has 1 aliphatic heterocycles. The normalized spacial score (nSPS) is 14.2. The molecule has 4 heteroatoms. The lowest BCUT2D eigenvalue weighted by Crippen LogP contribution is -2.29. The molecule has 0 aromatic heterocycles. The van der Waals surface area contributed by atoms with Crippen molar-refractivity contribution in [2.75, 3.05) is 5.32 Å². The smallest absolute Gasteiger partial charge is 0.423 e. The maximum Gasteiger partial charge on any atom is 0.488 e. The van der Waals surface area contributed by atoms with E-state index in [0.717, 1.165) is 22.5 Å². The Morgan fingerprint density at radius 3 is 2.20 bits per heavy atom. The molecule has 3 aromatic rings. The molecule has 3 nitrogen and oxygen atoms in total. The number of nitrogens with one attached hydrogen (secondary N) is 1. The Morgan fingerprint density at radius 2 is 1.48 bits per heavy atom. The minimum absolute atomic E-state index is 0.136. The van der Waals surface area contributed by atoms with E-state index in [1.165, 1.54) is 11.1 Å². The molecule has 1 aliphatic rings. The number of benzene rings is 3. The van der Waals surface area contributed by atoms with Crippen molar-refractivity contribution in [2.45, 2.75) is 19.3 Å². The van der Waals surface area contributed by atoms with Crippen LogP contribution in [0.4, 0.5) is 11.4 Å². The van der Waals surface area contributed by atoms with Gasteiger partial charge in [0, 0.05) is 16.8 Å². The third kappa shape index (κ3) is 2.54. The van der Waals surface area contributed by atoms with Crippen LogP contribution < -0.4 is 10.8 Å². The fraction of sp³-hybridized carbons (Fsp3) is 0.143. The van der Waals surface area contributed by atoms with Gasteiger partial charge in [0.2, 0.25) is 0 Å². The molecule has 0 bridgehead atoms. The van der Waals surface area contributed by atoms with Gasteiger partial charge in [0.05, 0.1) is 0 Å². The number of anilines is 2. The number of hydrogen-bond acceptors (Lipinski definition) is 3. The standard InChI is InChI=1S/C21H20BNO2/c1-21(2)17-7-3-4-8-18(17)23-19-9-5-6-16(20(19)21)14-10-12-15(13-11-14)22(24)25/h3-13,23-25H,1-2H3. The second kappa shape index (κ2) is 5.76. The van der Waals surface area contributed by atoms with E-state index in [0.29, 0.717) is 5.46 Å². The Balaban J connectivity index is 1.89. The summed E-state index contributed by atoms with van der Waals surface area (Å²) in [5.74, 6) is 0. The van der Waals surface area contributed by atoms with E-state index < -0.39 is 7.12 Å². The van der Waals surface area contributed by atoms with Gasteiger partial charge >= 0.3 is 7.12 Å². The zero-order valence-corrected chi connectivity index (χ0v) is 14.3. The molecule has 0 radical (unpaired) electrons. The zero-order valence-electron chi connectivity index (χ0n) is 14.3. The Morgan fingerprint density at radius 1 is 0.800 bits per heavy atom. The van der Waals surface area contributed by atoms with Crippen LogP contribution in [0.1, 0.15) is 25.0 Å². The summed E-state index contributed by atoms with van der Waals surface area (Å²) in [6.07, 6.45) is 0. The van der Waals surface area contributed by atoms with Crippen LogP contribution in [0.2, 0.25) is 0 Å². The average Bonchev–Trinajstić information content (AvgIpc) is 2.61. The highest BCUT2D eigenvalue weighted by molar-refractivity contribution is 6.58. The third-order valence-electron chi connectivity index (χ3n) is 5.08. The largest absolute Gasteiger partial charge is 0.488 e. The van der Waals surface area contributed by atoms with Gasteiger partial charge in [-0.25, -0.2) is 0 Å². The van der Waals surface area contributed by atoms with E-state index in [2.05, 4.69) is 61.6 Å². The SMILES string of the molecule is CC1(C)c2ccccc2Nc2cccc(-c3ccc(B(O)O)cc3)c21. The summed E-state index contributed by atoms with van der Waals surface area (Å²) >= 11 is 0. The van der Waals surface area contributed by atoms with Crippen molar-refractivity contribution in [3.05, 3.63) is 77.9 Å². The second-order valence-electron chi connectivity index (χ2n) is 7.02. The molecular weight excluding hydrogens is 309 g/mol. The highest BCUT2D eigenvalue weighted by Crippen LogP contribution is 2.48. The summed E-state index contributed by atoms with van der Waals surface area (Å²) in [5.41, 5.74) is 7.38. The summed E-state index contributed by atoms with van der Waals surface area (Å²) in [6.45, 7) is 4.50. The predicted octanol–water partition coefficient (Wildman–Crippen LogP) is 3.42. The first-order chi connectivity index (χ1) is 12.0. The molecule has 3 N–H and O–H groups in total. The molecule has 0 atom stereocenters. The van der Waals surface area contributed by atoms with Crippen molar-refractivity contribution in [1.82, 2.24) is 0 Å². The molecule has 0 aliphatic carbocycles. The maximum atomic E-state index is 9.32. The minimum atomic E-state index is -1.44. The van der Waals surface area contributed by atoms with Gasteiger partial charge in [0.15, 0.2) is 0 Å². The van der Waals surface area contributed by atoms with E-state index in [1.807, 2.05) is 12.1 Å². The number of fused-ring (bicyclic) bond motifs is 2. The first-order valence-corrected chi connectivity index (χ1v) is 8.45. The summed E-state index contributed by atoms with van der Waals surface area (Å²) in [7, 11) is -1.44. The van der Waals surface area contributed by atoms with Crippen LogP contribution in [0.3, 0.4) is 0 Å². The van der Waals surface area contributed by atoms with Crippen molar-refractivity contribution in [1.29, 1.82) is 0 Å². The van der Waals surface area contributed by atoms with Crippen LogP contribution in [0.25, 0.3) is 11.1 Å². The molecule has 25 heavy (non-hydrogen) atoms. The quantitative estimate of drug-likeness (QED) is 0.632. The molecule has 0 spiro atoms. The highest BCUT2D eigenvalue weighted by Gasteiger charge is 2.34. The number of para-hydroxylation sites is 1. The van der Waals surface area contributed by atoms with Crippen molar-refractivity contribution >= 4 is 24.0 Å². The van der Waals surface area contributed by atoms with Crippen LogP contribution in [0.15, 0.2) is 66.7 Å². The van der Waals surface area contributed by atoms with E-state index in [1.54, 1.807) is 12.1 Å². The molecule has 0 fully saturated rings. The van der Waals surface area contributed by atoms with Gasteiger partial charge in [-0.1, -0.05) is 68.4 Å². The molecule has 0 amide bonds. The van der Waals surface area contributed by atoms with Gasteiger partial charge in [-0.15, -0.1) is 0 Å². The lowest BCUT2D eigenvalue weighted by molar-refractivity contribution is 0.426. The molecule has 0 saturated carbocycles. The van der Waals surface area contributed by atoms with Gasteiger partial charge < -0.3 is 15.4 Å². The first kappa shape index (κ1) is 15.9. The van der Waals surface area contributed by atoms with Crippen LogP contribution in [-0.2, 0) is 5.41 Å².